The maximum atomic E-state index is 11.0. The molecule has 0 spiro atoms. The fraction of sp³-hybridized carbons (Fsp3) is 0.500. The molecule has 0 aromatic carbocycles. The molecule has 0 saturated carbocycles. The average Bonchev–Trinajstić information content (AvgIpc) is 2.03. The second-order valence-electron chi connectivity index (χ2n) is 3.26. The molecule has 0 bridgehead atoms. The normalized spacial score (nSPS) is 29.2. The van der Waals surface area contributed by atoms with Crippen LogP contribution in [0.4, 0.5) is 0 Å². The summed E-state index contributed by atoms with van der Waals surface area (Å²) in [4.78, 5) is 11.0. The van der Waals surface area contributed by atoms with Crippen LogP contribution in [0.25, 0.3) is 0 Å². The van der Waals surface area contributed by atoms with E-state index in [4.69, 9.17) is 4.74 Å². The Bertz CT molecular complexity index is 218. The molecule has 0 aromatic heterocycles. The number of hydrogen-bond acceptors (Lipinski definition) is 2. The van der Waals surface area contributed by atoms with Crippen LogP contribution < -0.4 is 0 Å². The second kappa shape index (κ2) is 3.57. The summed E-state index contributed by atoms with van der Waals surface area (Å²) in [5.41, 5.74) is 0.912. The summed E-state index contributed by atoms with van der Waals surface area (Å²) < 4.78 is 5.09. The van der Waals surface area contributed by atoms with Gasteiger partial charge in [-0.2, -0.15) is 0 Å². The van der Waals surface area contributed by atoms with Gasteiger partial charge >= 0.3 is 5.97 Å². The zero-order valence-corrected chi connectivity index (χ0v) is 7.38. The predicted octanol–water partition coefficient (Wildman–Crippen LogP) is 2.07. The van der Waals surface area contributed by atoms with Crippen LogP contribution in [-0.2, 0) is 9.53 Å². The van der Waals surface area contributed by atoms with Crippen LogP contribution in [0.15, 0.2) is 24.8 Å². The smallest absolute Gasteiger partial charge is 0.306 e. The summed E-state index contributed by atoms with van der Waals surface area (Å²) >= 11 is 0. The molecule has 0 radical (unpaired) electrons. The van der Waals surface area contributed by atoms with Gasteiger partial charge < -0.3 is 4.74 Å². The number of carbonyl (C=O) groups is 1. The summed E-state index contributed by atoms with van der Waals surface area (Å²) in [7, 11) is 0. The Morgan fingerprint density at radius 1 is 1.75 bits per heavy atom. The zero-order valence-electron chi connectivity index (χ0n) is 7.38. The lowest BCUT2D eigenvalue weighted by molar-refractivity contribution is -0.153. The maximum absolute atomic E-state index is 11.0. The third kappa shape index (κ3) is 1.97. The van der Waals surface area contributed by atoms with Crippen molar-refractivity contribution in [3.8, 4) is 0 Å². The minimum absolute atomic E-state index is 0.103. The number of ether oxygens (including phenoxy) is 1. The molecule has 0 unspecified atom stereocenters. The summed E-state index contributed by atoms with van der Waals surface area (Å²) in [6.07, 6.45) is 3.02. The van der Waals surface area contributed by atoms with Crippen LogP contribution in [0.2, 0.25) is 0 Å². The highest BCUT2D eigenvalue weighted by atomic mass is 16.5. The van der Waals surface area contributed by atoms with Crippen molar-refractivity contribution in [2.45, 2.75) is 25.9 Å². The van der Waals surface area contributed by atoms with Crippen molar-refractivity contribution >= 4 is 5.97 Å². The molecule has 12 heavy (non-hydrogen) atoms. The van der Waals surface area contributed by atoms with Crippen LogP contribution in [0, 0.1) is 5.92 Å². The van der Waals surface area contributed by atoms with Gasteiger partial charge in [-0.05, 0) is 24.8 Å². The van der Waals surface area contributed by atoms with Gasteiger partial charge in [-0.25, -0.2) is 0 Å². The van der Waals surface area contributed by atoms with Crippen molar-refractivity contribution in [3.05, 3.63) is 24.8 Å². The molecule has 1 aliphatic heterocycles. The molecule has 1 fully saturated rings. The summed E-state index contributed by atoms with van der Waals surface area (Å²) in [5.74, 6) is 0.118. The van der Waals surface area contributed by atoms with E-state index in [1.54, 1.807) is 0 Å². The van der Waals surface area contributed by atoms with E-state index in [1.807, 2.05) is 13.0 Å². The maximum Gasteiger partial charge on any atom is 0.306 e. The Morgan fingerprint density at radius 3 is 2.92 bits per heavy atom. The van der Waals surface area contributed by atoms with Crippen molar-refractivity contribution in [1.82, 2.24) is 0 Å². The molecular formula is C10H14O2. The standard InChI is InChI=1S/C10H14O2/c1-4-8-5-9(7(2)3)12-10(11)6-8/h4,8-9H,1-2,5-6H2,3H3/t8-,9+/m1/s1. The zero-order chi connectivity index (χ0) is 9.14. The third-order valence-electron chi connectivity index (χ3n) is 2.10. The fourth-order valence-electron chi connectivity index (χ4n) is 1.31. The average molecular weight is 166 g/mol. The van der Waals surface area contributed by atoms with E-state index in [0.29, 0.717) is 6.42 Å². The number of allylic oxidation sites excluding steroid dienone is 1. The summed E-state index contributed by atoms with van der Waals surface area (Å²) in [6, 6.07) is 0. The van der Waals surface area contributed by atoms with E-state index in [1.165, 1.54) is 0 Å². The van der Waals surface area contributed by atoms with Gasteiger partial charge in [0, 0.05) is 0 Å². The largest absolute Gasteiger partial charge is 0.458 e. The molecule has 66 valence electrons. The highest BCUT2D eigenvalue weighted by molar-refractivity contribution is 5.71. The summed E-state index contributed by atoms with van der Waals surface area (Å²) in [6.45, 7) is 9.32. The highest BCUT2D eigenvalue weighted by Crippen LogP contribution is 2.25. The van der Waals surface area contributed by atoms with Crippen LogP contribution in [-0.4, -0.2) is 12.1 Å². The Labute approximate surface area is 72.9 Å². The first kappa shape index (κ1) is 9.04. The Morgan fingerprint density at radius 2 is 2.42 bits per heavy atom. The van der Waals surface area contributed by atoms with Crippen molar-refractivity contribution in [2.75, 3.05) is 0 Å². The monoisotopic (exact) mass is 166 g/mol. The van der Waals surface area contributed by atoms with Gasteiger partial charge in [0.25, 0.3) is 0 Å². The van der Waals surface area contributed by atoms with Gasteiger partial charge in [0.15, 0.2) is 0 Å². The quantitative estimate of drug-likeness (QED) is 0.463. The minimum Gasteiger partial charge on any atom is -0.458 e. The molecule has 1 saturated heterocycles. The predicted molar refractivity (Wildman–Crippen MR) is 47.6 cm³/mol. The van der Waals surface area contributed by atoms with Gasteiger partial charge in [-0.3, -0.25) is 4.79 Å². The van der Waals surface area contributed by atoms with E-state index in [9.17, 15) is 4.79 Å². The van der Waals surface area contributed by atoms with Crippen molar-refractivity contribution < 1.29 is 9.53 Å². The molecule has 0 aromatic rings. The molecule has 2 heteroatoms. The number of rotatable bonds is 2. The van der Waals surface area contributed by atoms with Crippen LogP contribution in [0.5, 0.6) is 0 Å². The van der Waals surface area contributed by atoms with E-state index >= 15 is 0 Å². The van der Waals surface area contributed by atoms with E-state index in [2.05, 4.69) is 13.2 Å². The first-order chi connectivity index (χ1) is 5.63. The topological polar surface area (TPSA) is 26.3 Å². The van der Waals surface area contributed by atoms with Gasteiger partial charge in [0.1, 0.15) is 6.10 Å². The van der Waals surface area contributed by atoms with Gasteiger partial charge in [-0.1, -0.05) is 12.7 Å². The molecule has 2 nitrogen and oxygen atoms in total. The molecule has 1 aliphatic rings. The van der Waals surface area contributed by atoms with Crippen molar-refractivity contribution in [3.63, 3.8) is 0 Å². The highest BCUT2D eigenvalue weighted by Gasteiger charge is 2.26. The van der Waals surface area contributed by atoms with E-state index in [-0.39, 0.29) is 18.0 Å². The van der Waals surface area contributed by atoms with Crippen LogP contribution >= 0.6 is 0 Å². The second-order valence-corrected chi connectivity index (χ2v) is 3.26. The van der Waals surface area contributed by atoms with Crippen LogP contribution in [0.3, 0.4) is 0 Å². The van der Waals surface area contributed by atoms with Gasteiger partial charge in [-0.15, -0.1) is 6.58 Å². The lowest BCUT2D eigenvalue weighted by Gasteiger charge is -2.27. The molecule has 0 N–H and O–H groups in total. The number of carbonyl (C=O) groups excluding carboxylic acids is 1. The fourth-order valence-corrected chi connectivity index (χ4v) is 1.31. The molecule has 2 atom stereocenters. The lowest BCUT2D eigenvalue weighted by atomic mass is 9.93. The number of hydrogen-bond donors (Lipinski definition) is 0. The first-order valence-corrected chi connectivity index (χ1v) is 4.11. The Balaban J connectivity index is 2.62. The van der Waals surface area contributed by atoms with Crippen LogP contribution in [0.1, 0.15) is 19.8 Å². The van der Waals surface area contributed by atoms with Gasteiger partial charge in [0.2, 0.25) is 0 Å². The molecular weight excluding hydrogens is 152 g/mol. The SMILES string of the molecule is C=C[C@H]1CC(=O)O[C@H](C(=C)C)C1. The minimum atomic E-state index is -0.140. The summed E-state index contributed by atoms with van der Waals surface area (Å²) in [5, 5.41) is 0. The number of esters is 1. The molecule has 1 heterocycles. The van der Waals surface area contributed by atoms with Gasteiger partial charge in [0.05, 0.1) is 6.42 Å². The number of cyclic esters (lactones) is 1. The van der Waals surface area contributed by atoms with Crippen molar-refractivity contribution in [1.29, 1.82) is 0 Å². The first-order valence-electron chi connectivity index (χ1n) is 4.11. The molecule has 0 aliphatic carbocycles. The van der Waals surface area contributed by atoms with E-state index < -0.39 is 0 Å². The van der Waals surface area contributed by atoms with Crippen molar-refractivity contribution in [2.24, 2.45) is 5.92 Å². The third-order valence-corrected chi connectivity index (χ3v) is 2.10. The molecule has 1 rings (SSSR count). The Hall–Kier alpha value is -1.05. The molecule has 0 amide bonds. The Kier molecular flexibility index (Phi) is 2.69. The lowest BCUT2D eigenvalue weighted by Crippen LogP contribution is -2.29. The van der Waals surface area contributed by atoms with E-state index in [0.717, 1.165) is 12.0 Å².